The molecule has 0 bridgehead atoms. The molecule has 0 saturated carbocycles. The third kappa shape index (κ3) is 3.77. The molecule has 7 nitrogen and oxygen atoms in total. The van der Waals surface area contributed by atoms with Crippen LogP contribution in [0.2, 0.25) is 0 Å². The van der Waals surface area contributed by atoms with Gasteiger partial charge in [0, 0.05) is 15.6 Å². The summed E-state index contributed by atoms with van der Waals surface area (Å²) in [6.07, 6.45) is 0. The number of para-hydroxylation sites is 1. The first-order valence-electron chi connectivity index (χ1n) is 9.05. The predicted octanol–water partition coefficient (Wildman–Crippen LogP) is 4.60. The number of hydrogen-bond acceptors (Lipinski definition) is 4. The molecule has 0 aliphatic heterocycles. The van der Waals surface area contributed by atoms with Crippen molar-refractivity contribution in [2.24, 2.45) is 5.73 Å². The number of carboxylic acid groups (broad SMARTS) is 2. The SMILES string of the molecule is COc1ccccc1-c1c(C)c(C(=O)O)c(C(N)=O)c(C(=O)O)c1-c1ccccc1Br. The number of benzene rings is 3. The molecule has 158 valence electrons. The number of carbonyl (C=O) groups excluding carboxylic acids is 1. The number of methoxy groups -OCH3 is 1. The van der Waals surface area contributed by atoms with Crippen molar-refractivity contribution in [2.75, 3.05) is 7.11 Å². The van der Waals surface area contributed by atoms with E-state index in [-0.39, 0.29) is 11.1 Å². The zero-order valence-corrected chi connectivity index (χ0v) is 18.2. The van der Waals surface area contributed by atoms with Gasteiger partial charge in [0.15, 0.2) is 0 Å². The van der Waals surface area contributed by atoms with Gasteiger partial charge in [0.2, 0.25) is 5.91 Å². The van der Waals surface area contributed by atoms with E-state index in [2.05, 4.69) is 15.9 Å². The highest BCUT2D eigenvalue weighted by Crippen LogP contribution is 2.46. The van der Waals surface area contributed by atoms with E-state index in [1.165, 1.54) is 14.0 Å². The smallest absolute Gasteiger partial charge is 0.337 e. The van der Waals surface area contributed by atoms with Gasteiger partial charge in [-0.3, -0.25) is 4.79 Å². The number of nitrogens with two attached hydrogens (primary N) is 1. The van der Waals surface area contributed by atoms with Crippen molar-refractivity contribution in [1.29, 1.82) is 0 Å². The summed E-state index contributed by atoms with van der Waals surface area (Å²) in [5.74, 6) is -3.65. The van der Waals surface area contributed by atoms with Crippen LogP contribution in [0.3, 0.4) is 0 Å². The maximum atomic E-state index is 12.4. The Morgan fingerprint density at radius 2 is 1.39 bits per heavy atom. The summed E-state index contributed by atoms with van der Waals surface area (Å²) in [5, 5.41) is 20.0. The summed E-state index contributed by atoms with van der Waals surface area (Å²) in [4.78, 5) is 36.8. The van der Waals surface area contributed by atoms with Gasteiger partial charge in [0.05, 0.1) is 23.8 Å². The zero-order valence-electron chi connectivity index (χ0n) is 16.6. The van der Waals surface area contributed by atoms with Crippen molar-refractivity contribution in [3.8, 4) is 28.0 Å². The van der Waals surface area contributed by atoms with Gasteiger partial charge in [0.1, 0.15) is 5.75 Å². The standard InChI is InChI=1S/C23H18BrNO6/c1-11-16(13-8-4-6-10-15(13)31-2)18(12-7-3-5-9-14(12)24)20(23(29)30)19(21(25)26)17(11)22(27)28/h3-10H,1-2H3,(H2,25,26)(H,27,28)(H,29,30). The van der Waals surface area contributed by atoms with Gasteiger partial charge in [0.25, 0.3) is 0 Å². The molecule has 3 aromatic rings. The molecule has 0 radical (unpaired) electrons. The molecular weight excluding hydrogens is 466 g/mol. The molecule has 0 aliphatic rings. The van der Waals surface area contributed by atoms with Crippen LogP contribution in [-0.2, 0) is 0 Å². The molecule has 8 heteroatoms. The highest BCUT2D eigenvalue weighted by atomic mass is 79.9. The van der Waals surface area contributed by atoms with Crippen molar-refractivity contribution < 1.29 is 29.3 Å². The lowest BCUT2D eigenvalue weighted by molar-refractivity contribution is 0.0688. The van der Waals surface area contributed by atoms with Gasteiger partial charge in [-0.15, -0.1) is 0 Å². The summed E-state index contributed by atoms with van der Waals surface area (Å²) < 4.78 is 6.02. The molecule has 1 amide bonds. The Morgan fingerprint density at radius 3 is 1.90 bits per heavy atom. The molecule has 0 spiro atoms. The second kappa shape index (κ2) is 8.61. The summed E-state index contributed by atoms with van der Waals surface area (Å²) >= 11 is 3.44. The fraction of sp³-hybridized carbons (Fsp3) is 0.0870. The van der Waals surface area contributed by atoms with Crippen molar-refractivity contribution in [1.82, 2.24) is 0 Å². The quantitative estimate of drug-likeness (QED) is 0.470. The summed E-state index contributed by atoms with van der Waals surface area (Å²) in [7, 11) is 1.46. The molecule has 0 aliphatic carbocycles. The van der Waals surface area contributed by atoms with E-state index >= 15 is 0 Å². The van der Waals surface area contributed by atoms with E-state index < -0.39 is 34.5 Å². The van der Waals surface area contributed by atoms with Crippen LogP contribution >= 0.6 is 15.9 Å². The number of carbonyl (C=O) groups is 3. The molecule has 31 heavy (non-hydrogen) atoms. The number of halogens is 1. The van der Waals surface area contributed by atoms with Crippen molar-refractivity contribution >= 4 is 33.8 Å². The minimum absolute atomic E-state index is 0.167. The van der Waals surface area contributed by atoms with Crippen LogP contribution in [0.5, 0.6) is 5.75 Å². The topological polar surface area (TPSA) is 127 Å². The van der Waals surface area contributed by atoms with Crippen molar-refractivity contribution in [2.45, 2.75) is 6.92 Å². The fourth-order valence-electron chi connectivity index (χ4n) is 3.72. The lowest BCUT2D eigenvalue weighted by Gasteiger charge is -2.23. The molecule has 0 aromatic heterocycles. The molecule has 0 atom stereocenters. The van der Waals surface area contributed by atoms with Crippen LogP contribution in [0.4, 0.5) is 0 Å². The highest BCUT2D eigenvalue weighted by Gasteiger charge is 2.33. The molecule has 3 rings (SSSR count). The van der Waals surface area contributed by atoms with E-state index in [9.17, 15) is 24.6 Å². The number of hydrogen-bond donors (Lipinski definition) is 3. The normalized spacial score (nSPS) is 10.5. The second-order valence-electron chi connectivity index (χ2n) is 6.65. The minimum Gasteiger partial charge on any atom is -0.496 e. The van der Waals surface area contributed by atoms with Crippen LogP contribution in [0.15, 0.2) is 53.0 Å². The van der Waals surface area contributed by atoms with Crippen LogP contribution in [0, 0.1) is 6.92 Å². The third-order valence-electron chi connectivity index (χ3n) is 4.94. The molecular formula is C23H18BrNO6. The average Bonchev–Trinajstić information content (AvgIpc) is 2.72. The van der Waals surface area contributed by atoms with Crippen LogP contribution < -0.4 is 10.5 Å². The van der Waals surface area contributed by atoms with E-state index in [0.717, 1.165) is 0 Å². The lowest BCUT2D eigenvalue weighted by atomic mass is 9.81. The number of ether oxygens (including phenoxy) is 1. The second-order valence-corrected chi connectivity index (χ2v) is 7.51. The number of amides is 1. The van der Waals surface area contributed by atoms with E-state index in [4.69, 9.17) is 10.5 Å². The Hall–Kier alpha value is -3.65. The largest absolute Gasteiger partial charge is 0.496 e. The monoisotopic (exact) mass is 483 g/mol. The Morgan fingerprint density at radius 1 is 0.839 bits per heavy atom. The maximum Gasteiger partial charge on any atom is 0.337 e. The van der Waals surface area contributed by atoms with Gasteiger partial charge in [-0.1, -0.05) is 52.3 Å². The Bertz CT molecular complexity index is 1230. The highest BCUT2D eigenvalue weighted by molar-refractivity contribution is 9.10. The molecule has 0 fully saturated rings. The van der Waals surface area contributed by atoms with Crippen LogP contribution in [0.1, 0.15) is 36.6 Å². The van der Waals surface area contributed by atoms with E-state index in [0.29, 0.717) is 26.9 Å². The minimum atomic E-state index is -1.47. The van der Waals surface area contributed by atoms with Crippen LogP contribution in [-0.4, -0.2) is 35.2 Å². The van der Waals surface area contributed by atoms with Gasteiger partial charge in [-0.25, -0.2) is 9.59 Å². The summed E-state index contributed by atoms with van der Waals surface area (Å²) in [6.45, 7) is 1.52. The first-order chi connectivity index (χ1) is 14.7. The molecule has 0 unspecified atom stereocenters. The number of carboxylic acids is 2. The van der Waals surface area contributed by atoms with Gasteiger partial charge in [-0.2, -0.15) is 0 Å². The van der Waals surface area contributed by atoms with E-state index in [1.807, 2.05) is 0 Å². The van der Waals surface area contributed by atoms with Crippen LogP contribution in [0.25, 0.3) is 22.3 Å². The van der Waals surface area contributed by atoms with Gasteiger partial charge in [-0.05, 0) is 35.7 Å². The van der Waals surface area contributed by atoms with Gasteiger partial charge < -0.3 is 20.7 Å². The van der Waals surface area contributed by atoms with Crippen molar-refractivity contribution in [3.05, 3.63) is 75.3 Å². The summed E-state index contributed by atoms with van der Waals surface area (Å²) in [6, 6.07) is 13.7. The van der Waals surface area contributed by atoms with Crippen molar-refractivity contribution in [3.63, 3.8) is 0 Å². The number of rotatable bonds is 6. The molecule has 0 heterocycles. The first kappa shape index (κ1) is 22.0. The van der Waals surface area contributed by atoms with Gasteiger partial charge >= 0.3 is 11.9 Å². The zero-order chi connectivity index (χ0) is 22.9. The molecule has 4 N–H and O–H groups in total. The average molecular weight is 484 g/mol. The Kier molecular flexibility index (Phi) is 6.12. The predicted molar refractivity (Wildman–Crippen MR) is 119 cm³/mol. The molecule has 3 aromatic carbocycles. The Balaban J connectivity index is 2.71. The maximum absolute atomic E-state index is 12.4. The molecule has 0 saturated heterocycles. The van der Waals surface area contributed by atoms with E-state index in [1.54, 1.807) is 48.5 Å². The number of aromatic carboxylic acids is 2. The Labute approximate surface area is 186 Å². The summed E-state index contributed by atoms with van der Waals surface area (Å²) in [5.41, 5.74) is 5.62. The fourth-order valence-corrected chi connectivity index (χ4v) is 4.21. The third-order valence-corrected chi connectivity index (χ3v) is 5.64. The lowest BCUT2D eigenvalue weighted by Crippen LogP contribution is -2.24. The first-order valence-corrected chi connectivity index (χ1v) is 9.85. The number of primary amides is 1.